The van der Waals surface area contributed by atoms with Gasteiger partial charge in [0.15, 0.2) is 18.3 Å². The van der Waals surface area contributed by atoms with Gasteiger partial charge in [-0.05, 0) is 19.1 Å². The summed E-state index contributed by atoms with van der Waals surface area (Å²) in [6, 6.07) is 23.9. The maximum Gasteiger partial charge on any atom is 0.271 e. The number of aryl methyl sites for hydroxylation is 1. The fraction of sp³-hybridized carbons (Fsp3) is 0.125. The van der Waals surface area contributed by atoms with Crippen molar-refractivity contribution in [2.45, 2.75) is 19.5 Å². The summed E-state index contributed by atoms with van der Waals surface area (Å²) >= 11 is 0. The summed E-state index contributed by atoms with van der Waals surface area (Å²) < 4.78 is 17.1. The predicted molar refractivity (Wildman–Crippen MR) is 113 cm³/mol. The third-order valence-corrected chi connectivity index (χ3v) is 5.13. The third-order valence-electron chi connectivity index (χ3n) is 5.13. The van der Waals surface area contributed by atoms with Gasteiger partial charge in [0, 0.05) is 11.1 Å². The van der Waals surface area contributed by atoms with Crippen molar-refractivity contribution in [2.75, 3.05) is 0 Å². The maximum atomic E-state index is 5.99. The van der Waals surface area contributed by atoms with Gasteiger partial charge in [0.05, 0.1) is 6.26 Å². The fourth-order valence-electron chi connectivity index (χ4n) is 3.62. The molecular formula is C24H21N4O3+. The van der Waals surface area contributed by atoms with Crippen LogP contribution in [-0.2, 0) is 6.54 Å². The van der Waals surface area contributed by atoms with Crippen LogP contribution < -0.4 is 5.32 Å². The lowest BCUT2D eigenvalue weighted by atomic mass is 10.0. The first kappa shape index (κ1) is 19.0. The first-order valence-corrected chi connectivity index (χ1v) is 10.1. The van der Waals surface area contributed by atoms with E-state index in [4.69, 9.17) is 13.4 Å². The lowest BCUT2D eigenvalue weighted by Gasteiger charge is -2.12. The van der Waals surface area contributed by atoms with Crippen LogP contribution in [0.5, 0.6) is 0 Å². The highest BCUT2D eigenvalue weighted by molar-refractivity contribution is 5.77. The summed E-state index contributed by atoms with van der Waals surface area (Å²) in [5.74, 6) is 2.42. The van der Waals surface area contributed by atoms with E-state index in [0.717, 1.165) is 22.5 Å². The Labute approximate surface area is 178 Å². The number of nitrogens with two attached hydrogens (primary N) is 1. The minimum Gasteiger partial charge on any atom is -0.463 e. The van der Waals surface area contributed by atoms with Gasteiger partial charge < -0.3 is 18.7 Å². The van der Waals surface area contributed by atoms with Crippen molar-refractivity contribution >= 4 is 0 Å². The summed E-state index contributed by atoms with van der Waals surface area (Å²) in [5, 5.41) is 14.8. The Hall–Kier alpha value is -3.97. The molecule has 0 bridgehead atoms. The van der Waals surface area contributed by atoms with Crippen LogP contribution in [0, 0.1) is 6.92 Å². The van der Waals surface area contributed by atoms with Crippen LogP contribution in [0.3, 0.4) is 0 Å². The second-order valence-electron chi connectivity index (χ2n) is 7.17. The highest BCUT2D eigenvalue weighted by Gasteiger charge is 2.24. The highest BCUT2D eigenvalue weighted by atomic mass is 16.5. The van der Waals surface area contributed by atoms with Crippen LogP contribution in [0.25, 0.3) is 22.7 Å². The smallest absolute Gasteiger partial charge is 0.271 e. The Balaban J connectivity index is 1.39. The average molecular weight is 413 g/mol. The number of benzene rings is 2. The van der Waals surface area contributed by atoms with Crippen LogP contribution in [-0.4, -0.2) is 15.4 Å². The van der Waals surface area contributed by atoms with Crippen molar-refractivity contribution in [1.29, 1.82) is 0 Å². The SMILES string of the molecule is Cc1onc(-c2ccccc2)c1-c1nnc(C[NH2+][C@@H](c2ccccc2)c2ccco2)o1. The molecular weight excluding hydrogens is 392 g/mol. The molecule has 154 valence electrons. The number of rotatable bonds is 7. The van der Waals surface area contributed by atoms with Crippen LogP contribution in [0.1, 0.15) is 29.0 Å². The predicted octanol–water partition coefficient (Wildman–Crippen LogP) is 4.15. The number of nitrogens with zero attached hydrogens (tertiary/aromatic N) is 3. The molecule has 0 radical (unpaired) electrons. The summed E-state index contributed by atoms with van der Waals surface area (Å²) in [5.41, 5.74) is 3.48. The van der Waals surface area contributed by atoms with E-state index in [2.05, 4.69) is 32.8 Å². The Morgan fingerprint density at radius 1 is 0.903 bits per heavy atom. The molecule has 2 aromatic carbocycles. The molecule has 5 rings (SSSR count). The minimum atomic E-state index is -0.0104. The van der Waals surface area contributed by atoms with E-state index in [1.807, 2.05) is 67.6 Å². The van der Waals surface area contributed by atoms with Crippen molar-refractivity contribution in [1.82, 2.24) is 15.4 Å². The monoisotopic (exact) mass is 413 g/mol. The van der Waals surface area contributed by atoms with Crippen LogP contribution in [0.2, 0.25) is 0 Å². The second kappa shape index (κ2) is 8.41. The van der Waals surface area contributed by atoms with E-state index in [1.54, 1.807) is 6.26 Å². The second-order valence-corrected chi connectivity index (χ2v) is 7.17. The van der Waals surface area contributed by atoms with Gasteiger partial charge in [-0.2, -0.15) is 0 Å². The number of furan rings is 1. The quantitative estimate of drug-likeness (QED) is 0.431. The van der Waals surface area contributed by atoms with Crippen LogP contribution in [0.4, 0.5) is 0 Å². The molecule has 0 unspecified atom stereocenters. The maximum absolute atomic E-state index is 5.99. The van der Waals surface area contributed by atoms with Gasteiger partial charge in [0.2, 0.25) is 0 Å². The van der Waals surface area contributed by atoms with E-state index in [-0.39, 0.29) is 6.04 Å². The molecule has 0 aliphatic heterocycles. The molecule has 31 heavy (non-hydrogen) atoms. The molecule has 0 saturated heterocycles. The van der Waals surface area contributed by atoms with Gasteiger partial charge in [0.1, 0.15) is 17.0 Å². The molecule has 0 spiro atoms. The summed E-state index contributed by atoms with van der Waals surface area (Å²) in [7, 11) is 0. The van der Waals surface area contributed by atoms with Gasteiger partial charge in [-0.3, -0.25) is 0 Å². The Kier molecular flexibility index (Phi) is 5.16. The number of hydrogen-bond acceptors (Lipinski definition) is 6. The van der Waals surface area contributed by atoms with Crippen molar-refractivity contribution in [3.05, 3.63) is 102 Å². The molecule has 0 aliphatic carbocycles. The number of quaternary nitrogens is 1. The van der Waals surface area contributed by atoms with Crippen molar-refractivity contribution in [3.63, 3.8) is 0 Å². The lowest BCUT2D eigenvalue weighted by Crippen LogP contribution is -2.84. The topological polar surface area (TPSA) is 94.7 Å². The Bertz CT molecular complexity index is 1240. The van der Waals surface area contributed by atoms with E-state index in [9.17, 15) is 0 Å². The van der Waals surface area contributed by atoms with Crippen molar-refractivity contribution < 1.29 is 18.7 Å². The van der Waals surface area contributed by atoms with E-state index in [0.29, 0.717) is 29.8 Å². The zero-order valence-electron chi connectivity index (χ0n) is 16.9. The van der Waals surface area contributed by atoms with Crippen molar-refractivity contribution in [2.24, 2.45) is 0 Å². The number of hydrogen-bond donors (Lipinski definition) is 1. The summed E-state index contributed by atoms with van der Waals surface area (Å²) in [6.07, 6.45) is 1.68. The molecule has 7 nitrogen and oxygen atoms in total. The first-order valence-electron chi connectivity index (χ1n) is 10.1. The fourth-order valence-corrected chi connectivity index (χ4v) is 3.62. The van der Waals surface area contributed by atoms with Gasteiger partial charge in [-0.25, -0.2) is 0 Å². The van der Waals surface area contributed by atoms with Crippen LogP contribution >= 0.6 is 0 Å². The highest BCUT2D eigenvalue weighted by Crippen LogP contribution is 2.33. The van der Waals surface area contributed by atoms with Crippen LogP contribution in [0.15, 0.2) is 92.4 Å². The van der Waals surface area contributed by atoms with Crippen molar-refractivity contribution in [3.8, 4) is 22.7 Å². The summed E-state index contributed by atoms with van der Waals surface area (Å²) in [6.45, 7) is 2.34. The van der Waals surface area contributed by atoms with Gasteiger partial charge in [0.25, 0.3) is 11.8 Å². The van der Waals surface area contributed by atoms with E-state index < -0.39 is 0 Å². The molecule has 1 atom stereocenters. The summed E-state index contributed by atoms with van der Waals surface area (Å²) in [4.78, 5) is 0. The molecule has 0 amide bonds. The third kappa shape index (κ3) is 3.91. The molecule has 0 fully saturated rings. The molecule has 5 aromatic rings. The largest absolute Gasteiger partial charge is 0.463 e. The normalized spacial score (nSPS) is 12.2. The average Bonchev–Trinajstić information content (AvgIpc) is 3.57. The molecule has 2 N–H and O–H groups in total. The lowest BCUT2D eigenvalue weighted by molar-refractivity contribution is -0.706. The minimum absolute atomic E-state index is 0.0104. The molecule has 0 saturated carbocycles. The zero-order chi connectivity index (χ0) is 21.0. The zero-order valence-corrected chi connectivity index (χ0v) is 16.9. The van der Waals surface area contributed by atoms with E-state index in [1.165, 1.54) is 0 Å². The number of aromatic nitrogens is 3. The molecule has 0 aliphatic rings. The standard InChI is InChI=1S/C24H20N4O3/c1-16-21(23(28-31-16)18-11-6-3-7-12-18)24-27-26-20(30-24)15-25-22(19-13-8-14-29-19)17-9-4-2-5-10-17/h2-14,22,25H,15H2,1H3/p+1/t22-/m0/s1. The molecule has 3 heterocycles. The van der Waals surface area contributed by atoms with Gasteiger partial charge in [-0.1, -0.05) is 65.8 Å². The Morgan fingerprint density at radius 3 is 2.42 bits per heavy atom. The Morgan fingerprint density at radius 2 is 1.68 bits per heavy atom. The van der Waals surface area contributed by atoms with E-state index >= 15 is 0 Å². The van der Waals surface area contributed by atoms with Gasteiger partial charge in [-0.15, -0.1) is 10.2 Å². The first-order chi connectivity index (χ1) is 15.3. The molecule has 3 aromatic heterocycles. The molecule has 7 heteroatoms. The van der Waals surface area contributed by atoms with Gasteiger partial charge >= 0.3 is 0 Å².